The van der Waals surface area contributed by atoms with Gasteiger partial charge < -0.3 is 9.47 Å². The van der Waals surface area contributed by atoms with Gasteiger partial charge in [-0.25, -0.2) is 4.39 Å². The summed E-state index contributed by atoms with van der Waals surface area (Å²) in [6.45, 7) is 0.795. The summed E-state index contributed by atoms with van der Waals surface area (Å²) < 4.78 is 15.5. The van der Waals surface area contributed by atoms with Crippen LogP contribution in [0.25, 0.3) is 10.9 Å². The van der Waals surface area contributed by atoms with Gasteiger partial charge in [0.25, 0.3) is 0 Å². The van der Waals surface area contributed by atoms with Crippen molar-refractivity contribution in [2.75, 3.05) is 6.54 Å². The quantitative estimate of drug-likeness (QED) is 0.696. The topological polar surface area (TPSA) is 25.2 Å². The molecule has 1 amide bonds. The van der Waals surface area contributed by atoms with Gasteiger partial charge in [0.1, 0.15) is 5.82 Å². The Morgan fingerprint density at radius 2 is 2.04 bits per heavy atom. The molecule has 0 aliphatic carbocycles. The van der Waals surface area contributed by atoms with E-state index in [9.17, 15) is 9.18 Å². The number of para-hydroxylation sites is 1. The molecule has 4 rings (SSSR count). The maximum Gasteiger partial charge on any atom is 0.227 e. The highest BCUT2D eigenvalue weighted by molar-refractivity contribution is 5.89. The molecule has 1 saturated heterocycles. The summed E-state index contributed by atoms with van der Waals surface area (Å²) in [6, 6.07) is 15.1. The third-order valence-corrected chi connectivity index (χ3v) is 5.38. The van der Waals surface area contributed by atoms with Crippen LogP contribution in [0.1, 0.15) is 24.0 Å². The van der Waals surface area contributed by atoms with Crippen molar-refractivity contribution in [3.63, 3.8) is 0 Å². The normalized spacial score (nSPS) is 17.2. The van der Waals surface area contributed by atoms with Gasteiger partial charge in [0.15, 0.2) is 0 Å². The molecule has 1 aliphatic heterocycles. The Morgan fingerprint density at radius 1 is 1.19 bits per heavy atom. The standard InChI is InChI=1S/C22H23FN2O/c1-24-15-17(20-9-2-3-10-21(20)24)14-22(26)25-11-5-8-19(25)13-16-6-4-7-18(23)12-16/h2-4,6-7,9-10,12,15,19H,5,8,11,13-14H2,1H3/t19-/m0/s1. The maximum absolute atomic E-state index is 13.5. The van der Waals surface area contributed by atoms with Gasteiger partial charge in [0.05, 0.1) is 6.42 Å². The number of halogens is 1. The van der Waals surface area contributed by atoms with Crippen LogP contribution in [0.3, 0.4) is 0 Å². The number of carbonyl (C=O) groups is 1. The molecule has 1 aromatic heterocycles. The minimum absolute atomic E-state index is 0.166. The monoisotopic (exact) mass is 350 g/mol. The van der Waals surface area contributed by atoms with Crippen molar-refractivity contribution in [1.29, 1.82) is 0 Å². The van der Waals surface area contributed by atoms with E-state index in [1.54, 1.807) is 12.1 Å². The Kier molecular flexibility index (Phi) is 4.49. The Morgan fingerprint density at radius 3 is 2.88 bits per heavy atom. The summed E-state index contributed by atoms with van der Waals surface area (Å²) in [6.07, 6.45) is 5.19. The van der Waals surface area contributed by atoms with Crippen LogP contribution in [0.15, 0.2) is 54.7 Å². The number of hydrogen-bond acceptors (Lipinski definition) is 1. The molecule has 0 spiro atoms. The zero-order valence-electron chi connectivity index (χ0n) is 15.0. The van der Waals surface area contributed by atoms with Gasteiger partial charge in [0, 0.05) is 36.7 Å². The predicted molar refractivity (Wildman–Crippen MR) is 101 cm³/mol. The minimum Gasteiger partial charge on any atom is -0.350 e. The highest BCUT2D eigenvalue weighted by atomic mass is 19.1. The van der Waals surface area contributed by atoms with E-state index in [1.807, 2.05) is 30.1 Å². The molecule has 1 atom stereocenters. The molecular weight excluding hydrogens is 327 g/mol. The van der Waals surface area contributed by atoms with E-state index in [4.69, 9.17) is 0 Å². The van der Waals surface area contributed by atoms with E-state index >= 15 is 0 Å². The second-order valence-electron chi connectivity index (χ2n) is 7.18. The van der Waals surface area contributed by atoms with Crippen molar-refractivity contribution in [2.45, 2.75) is 31.7 Å². The first kappa shape index (κ1) is 16.8. The molecule has 2 heterocycles. The Bertz CT molecular complexity index is 946. The van der Waals surface area contributed by atoms with Gasteiger partial charge in [-0.15, -0.1) is 0 Å². The molecule has 2 aromatic carbocycles. The first-order valence-electron chi connectivity index (χ1n) is 9.18. The summed E-state index contributed by atoms with van der Waals surface area (Å²) >= 11 is 0. The maximum atomic E-state index is 13.5. The number of amides is 1. The zero-order chi connectivity index (χ0) is 18.1. The van der Waals surface area contributed by atoms with Crippen molar-refractivity contribution in [3.8, 4) is 0 Å². The average Bonchev–Trinajstić information content (AvgIpc) is 3.21. The van der Waals surface area contributed by atoms with E-state index < -0.39 is 0 Å². The number of aromatic nitrogens is 1. The van der Waals surface area contributed by atoms with Crippen molar-refractivity contribution in [2.24, 2.45) is 7.05 Å². The molecule has 26 heavy (non-hydrogen) atoms. The van der Waals surface area contributed by atoms with Crippen molar-refractivity contribution >= 4 is 16.8 Å². The summed E-state index contributed by atoms with van der Waals surface area (Å²) in [7, 11) is 2.01. The number of hydrogen-bond donors (Lipinski definition) is 0. The molecular formula is C22H23FN2O. The van der Waals surface area contributed by atoms with Gasteiger partial charge in [-0.2, -0.15) is 0 Å². The Balaban J connectivity index is 1.51. The lowest BCUT2D eigenvalue weighted by atomic mass is 10.0. The third kappa shape index (κ3) is 3.24. The highest BCUT2D eigenvalue weighted by Crippen LogP contribution is 2.25. The lowest BCUT2D eigenvalue weighted by Crippen LogP contribution is -2.37. The molecule has 3 nitrogen and oxygen atoms in total. The number of fused-ring (bicyclic) bond motifs is 1. The molecule has 1 aliphatic rings. The van der Waals surface area contributed by atoms with Gasteiger partial charge in [-0.1, -0.05) is 30.3 Å². The van der Waals surface area contributed by atoms with Crippen LogP contribution in [0.4, 0.5) is 4.39 Å². The fraction of sp³-hybridized carbons (Fsp3) is 0.318. The minimum atomic E-state index is -0.214. The first-order chi connectivity index (χ1) is 12.6. The largest absolute Gasteiger partial charge is 0.350 e. The van der Waals surface area contributed by atoms with Crippen LogP contribution < -0.4 is 0 Å². The van der Waals surface area contributed by atoms with Crippen molar-refractivity contribution < 1.29 is 9.18 Å². The van der Waals surface area contributed by atoms with Gasteiger partial charge in [0.2, 0.25) is 5.91 Å². The lowest BCUT2D eigenvalue weighted by molar-refractivity contribution is -0.131. The van der Waals surface area contributed by atoms with Gasteiger partial charge >= 0.3 is 0 Å². The van der Waals surface area contributed by atoms with E-state index in [0.29, 0.717) is 6.42 Å². The molecule has 0 bridgehead atoms. The summed E-state index contributed by atoms with van der Waals surface area (Å²) in [4.78, 5) is 15.0. The van der Waals surface area contributed by atoms with Crippen LogP contribution in [0.5, 0.6) is 0 Å². The number of likely N-dealkylation sites (tertiary alicyclic amines) is 1. The fourth-order valence-corrected chi connectivity index (χ4v) is 4.14. The zero-order valence-corrected chi connectivity index (χ0v) is 15.0. The number of carbonyl (C=O) groups excluding carboxylic acids is 1. The smallest absolute Gasteiger partial charge is 0.227 e. The predicted octanol–water partition coefficient (Wildman–Crippen LogP) is 4.09. The van der Waals surface area contributed by atoms with Crippen LogP contribution in [0, 0.1) is 5.82 Å². The third-order valence-electron chi connectivity index (χ3n) is 5.38. The Hall–Kier alpha value is -2.62. The fourth-order valence-electron chi connectivity index (χ4n) is 4.14. The summed E-state index contributed by atoms with van der Waals surface area (Å²) in [5, 5.41) is 1.14. The molecule has 1 fully saturated rings. The van der Waals surface area contributed by atoms with E-state index in [0.717, 1.165) is 47.8 Å². The molecule has 0 saturated carbocycles. The number of benzene rings is 2. The second-order valence-corrected chi connectivity index (χ2v) is 7.18. The van der Waals surface area contributed by atoms with Crippen molar-refractivity contribution in [1.82, 2.24) is 9.47 Å². The highest BCUT2D eigenvalue weighted by Gasteiger charge is 2.29. The SMILES string of the molecule is Cn1cc(CC(=O)N2CCC[C@H]2Cc2cccc(F)c2)c2ccccc21. The molecule has 0 unspecified atom stereocenters. The average molecular weight is 350 g/mol. The number of aryl methyl sites for hydroxylation is 1. The molecule has 0 radical (unpaired) electrons. The molecule has 3 aromatic rings. The molecule has 0 N–H and O–H groups in total. The van der Waals surface area contributed by atoms with Crippen LogP contribution in [-0.4, -0.2) is 28.0 Å². The number of rotatable bonds is 4. The van der Waals surface area contributed by atoms with E-state index in [1.165, 1.54) is 6.07 Å². The molecule has 4 heteroatoms. The second kappa shape index (κ2) is 6.94. The van der Waals surface area contributed by atoms with E-state index in [2.05, 4.69) is 22.9 Å². The first-order valence-corrected chi connectivity index (χ1v) is 9.18. The van der Waals surface area contributed by atoms with Crippen LogP contribution >= 0.6 is 0 Å². The lowest BCUT2D eigenvalue weighted by Gasteiger charge is -2.25. The molecule has 134 valence electrons. The number of nitrogens with zero attached hydrogens (tertiary/aromatic N) is 2. The summed E-state index contributed by atoms with van der Waals surface area (Å²) in [5.74, 6) is -0.0469. The van der Waals surface area contributed by atoms with Gasteiger partial charge in [-0.05, 0) is 48.6 Å². The van der Waals surface area contributed by atoms with Crippen LogP contribution in [-0.2, 0) is 24.7 Å². The Labute approximate surface area is 153 Å². The van der Waals surface area contributed by atoms with Crippen LogP contribution in [0.2, 0.25) is 0 Å². The van der Waals surface area contributed by atoms with Crippen molar-refractivity contribution in [3.05, 3.63) is 71.7 Å². The van der Waals surface area contributed by atoms with E-state index in [-0.39, 0.29) is 17.8 Å². The van der Waals surface area contributed by atoms with Gasteiger partial charge in [-0.3, -0.25) is 4.79 Å². The summed E-state index contributed by atoms with van der Waals surface area (Å²) in [5.41, 5.74) is 3.18.